The Balaban J connectivity index is 1.51. The second-order valence-electron chi connectivity index (χ2n) is 10.0. The number of fused-ring (bicyclic) bond motifs is 3. The number of ether oxygens (including phenoxy) is 1. The molecule has 6 rings (SSSR count). The van der Waals surface area contributed by atoms with Crippen LogP contribution in [0.5, 0.6) is 5.75 Å². The number of H-pyrrole nitrogens is 1. The molecule has 222 valence electrons. The number of carbonyl (C=O) groups excluding carboxylic acids is 1. The van der Waals surface area contributed by atoms with E-state index >= 15 is 0 Å². The molecule has 3 aromatic carbocycles. The molecule has 5 nitrogen and oxygen atoms in total. The predicted molar refractivity (Wildman–Crippen MR) is 142 cm³/mol. The summed E-state index contributed by atoms with van der Waals surface area (Å²) in [6.07, 6.45) is -9.26. The van der Waals surface area contributed by atoms with Crippen LogP contribution in [0.2, 0.25) is 0 Å². The third-order valence-corrected chi connectivity index (χ3v) is 7.51. The van der Waals surface area contributed by atoms with E-state index in [1.807, 2.05) is 0 Å². The first-order valence-corrected chi connectivity index (χ1v) is 13.0. The molecular weight excluding hydrogens is 581 g/mol. The van der Waals surface area contributed by atoms with Gasteiger partial charge in [-0.25, -0.2) is 4.39 Å². The summed E-state index contributed by atoms with van der Waals surface area (Å²) in [7, 11) is 1.50. The highest BCUT2D eigenvalue weighted by Crippen LogP contribution is 2.43. The summed E-state index contributed by atoms with van der Waals surface area (Å²) in [5.41, 5.74) is -1.33. The average molecular weight is 603 g/mol. The zero-order valence-corrected chi connectivity index (χ0v) is 22.2. The number of alkyl halides is 6. The van der Waals surface area contributed by atoms with Gasteiger partial charge in [0, 0.05) is 23.0 Å². The first-order chi connectivity index (χ1) is 20.4. The fraction of sp³-hybridized carbons (Fsp3) is 0.194. The number of carbonyl (C=O) groups is 1. The molecule has 1 aliphatic rings. The van der Waals surface area contributed by atoms with Crippen LogP contribution in [0.15, 0.2) is 77.2 Å². The van der Waals surface area contributed by atoms with E-state index in [2.05, 4.69) is 4.98 Å². The zero-order chi connectivity index (χ0) is 30.7. The molecule has 0 fully saturated rings. The molecule has 12 heteroatoms. The number of rotatable bonds is 4. The number of methoxy groups -OCH3 is 1. The summed E-state index contributed by atoms with van der Waals surface area (Å²) in [6.45, 7) is -0.0501. The van der Waals surface area contributed by atoms with E-state index < -0.39 is 46.8 Å². The van der Waals surface area contributed by atoms with Crippen molar-refractivity contribution < 1.29 is 44.7 Å². The minimum absolute atomic E-state index is 0.0344. The highest BCUT2D eigenvalue weighted by atomic mass is 19.4. The summed E-state index contributed by atoms with van der Waals surface area (Å²) in [5, 5.41) is 0.755. The highest BCUT2D eigenvalue weighted by Gasteiger charge is 2.40. The van der Waals surface area contributed by atoms with Gasteiger partial charge < -0.3 is 19.0 Å². The third kappa shape index (κ3) is 5.00. The van der Waals surface area contributed by atoms with Crippen LogP contribution in [-0.4, -0.2) is 29.4 Å². The Kier molecular flexibility index (Phi) is 6.74. The number of furan rings is 1. The molecule has 43 heavy (non-hydrogen) atoms. The molecule has 0 saturated heterocycles. The largest absolute Gasteiger partial charge is 0.497 e. The molecule has 0 radical (unpaired) electrons. The SMILES string of the molecule is COc1ccc2[nH]c3c(c2c1)CCN(C(=O)c1cc(C(F)(F)F)ccc1F)[C@H]3c1ccc(-c2ccccc2C(F)(F)F)o1. The highest BCUT2D eigenvalue weighted by molar-refractivity contribution is 5.96. The Morgan fingerprint density at radius 1 is 0.953 bits per heavy atom. The van der Waals surface area contributed by atoms with Crippen LogP contribution in [0.25, 0.3) is 22.2 Å². The van der Waals surface area contributed by atoms with E-state index in [0.29, 0.717) is 35.2 Å². The maximum absolute atomic E-state index is 14.9. The molecule has 1 N–H and O–H groups in total. The van der Waals surface area contributed by atoms with Gasteiger partial charge in [-0.05, 0) is 66.6 Å². The maximum Gasteiger partial charge on any atom is 0.417 e. The van der Waals surface area contributed by atoms with Crippen molar-refractivity contribution in [1.29, 1.82) is 0 Å². The van der Waals surface area contributed by atoms with Crippen molar-refractivity contribution in [3.63, 3.8) is 0 Å². The number of aromatic amines is 1. The van der Waals surface area contributed by atoms with Crippen molar-refractivity contribution >= 4 is 16.8 Å². The number of amides is 1. The Bertz CT molecular complexity index is 1850. The van der Waals surface area contributed by atoms with Gasteiger partial charge in [0.1, 0.15) is 29.1 Å². The number of hydrogen-bond donors (Lipinski definition) is 1. The molecule has 5 aromatic rings. The topological polar surface area (TPSA) is 58.5 Å². The summed E-state index contributed by atoms with van der Waals surface area (Å²) in [5.74, 6) is -1.73. The van der Waals surface area contributed by atoms with E-state index in [1.54, 1.807) is 18.2 Å². The summed E-state index contributed by atoms with van der Waals surface area (Å²) in [6, 6.07) is 13.2. The van der Waals surface area contributed by atoms with Gasteiger partial charge in [0.05, 0.1) is 29.5 Å². The molecule has 0 saturated carbocycles. The normalized spacial score (nSPS) is 15.5. The molecule has 0 spiro atoms. The Labute approximate surface area is 239 Å². The molecule has 2 aromatic heterocycles. The third-order valence-electron chi connectivity index (χ3n) is 7.51. The zero-order valence-electron chi connectivity index (χ0n) is 22.2. The Morgan fingerprint density at radius 2 is 1.72 bits per heavy atom. The molecule has 0 unspecified atom stereocenters. The maximum atomic E-state index is 14.9. The second kappa shape index (κ2) is 10.2. The fourth-order valence-corrected chi connectivity index (χ4v) is 5.52. The Hall–Kier alpha value is -4.74. The fourth-order valence-electron chi connectivity index (χ4n) is 5.52. The van der Waals surface area contributed by atoms with Crippen LogP contribution in [-0.2, 0) is 18.8 Å². The molecule has 1 amide bonds. The van der Waals surface area contributed by atoms with Crippen LogP contribution in [0.3, 0.4) is 0 Å². The quantitative estimate of drug-likeness (QED) is 0.210. The number of nitrogens with one attached hydrogen (secondary N) is 1. The van der Waals surface area contributed by atoms with Crippen molar-refractivity contribution in [2.75, 3.05) is 13.7 Å². The predicted octanol–water partition coefficient (Wildman–Crippen LogP) is 8.40. The van der Waals surface area contributed by atoms with Gasteiger partial charge in [-0.2, -0.15) is 26.3 Å². The lowest BCUT2D eigenvalue weighted by atomic mass is 9.94. The van der Waals surface area contributed by atoms with Crippen LogP contribution >= 0.6 is 0 Å². The minimum Gasteiger partial charge on any atom is -0.497 e. The lowest BCUT2D eigenvalue weighted by Crippen LogP contribution is -2.41. The number of halogens is 7. The second-order valence-corrected chi connectivity index (χ2v) is 10.0. The van der Waals surface area contributed by atoms with Crippen molar-refractivity contribution in [3.8, 4) is 17.1 Å². The summed E-state index contributed by atoms with van der Waals surface area (Å²) < 4.78 is 108. The number of nitrogens with zero attached hydrogens (tertiary/aromatic N) is 1. The number of benzene rings is 3. The van der Waals surface area contributed by atoms with Crippen molar-refractivity contribution in [1.82, 2.24) is 9.88 Å². The van der Waals surface area contributed by atoms with E-state index in [1.165, 1.54) is 37.4 Å². The van der Waals surface area contributed by atoms with Crippen LogP contribution in [0.4, 0.5) is 30.7 Å². The van der Waals surface area contributed by atoms with Gasteiger partial charge in [0.25, 0.3) is 5.91 Å². The van der Waals surface area contributed by atoms with Gasteiger partial charge in [-0.15, -0.1) is 0 Å². The van der Waals surface area contributed by atoms with Crippen LogP contribution < -0.4 is 4.74 Å². The van der Waals surface area contributed by atoms with E-state index in [-0.39, 0.29) is 30.0 Å². The van der Waals surface area contributed by atoms with Gasteiger partial charge >= 0.3 is 12.4 Å². The first-order valence-electron chi connectivity index (χ1n) is 13.0. The van der Waals surface area contributed by atoms with Gasteiger partial charge in [-0.1, -0.05) is 18.2 Å². The average Bonchev–Trinajstić information content (AvgIpc) is 3.60. The van der Waals surface area contributed by atoms with Crippen molar-refractivity contribution in [2.24, 2.45) is 0 Å². The van der Waals surface area contributed by atoms with E-state index in [4.69, 9.17) is 9.15 Å². The van der Waals surface area contributed by atoms with Crippen molar-refractivity contribution in [2.45, 2.75) is 24.8 Å². The van der Waals surface area contributed by atoms with E-state index in [0.717, 1.165) is 21.9 Å². The van der Waals surface area contributed by atoms with Crippen molar-refractivity contribution in [3.05, 3.63) is 112 Å². The molecule has 1 atom stereocenters. The first kappa shape index (κ1) is 28.4. The molecule has 1 aliphatic heterocycles. The molecular formula is C31H21F7N2O3. The lowest BCUT2D eigenvalue weighted by Gasteiger charge is -2.35. The molecule has 0 aliphatic carbocycles. The monoisotopic (exact) mass is 602 g/mol. The number of hydrogen-bond acceptors (Lipinski definition) is 3. The molecule has 0 bridgehead atoms. The van der Waals surface area contributed by atoms with Gasteiger partial charge in [-0.3, -0.25) is 4.79 Å². The van der Waals surface area contributed by atoms with E-state index in [9.17, 15) is 35.5 Å². The van der Waals surface area contributed by atoms with Crippen LogP contribution in [0.1, 0.15) is 44.5 Å². The number of aromatic nitrogens is 1. The van der Waals surface area contributed by atoms with Gasteiger partial charge in [0.15, 0.2) is 0 Å². The summed E-state index contributed by atoms with van der Waals surface area (Å²) >= 11 is 0. The minimum atomic E-state index is -4.82. The summed E-state index contributed by atoms with van der Waals surface area (Å²) in [4.78, 5) is 18.1. The smallest absolute Gasteiger partial charge is 0.417 e. The Morgan fingerprint density at radius 3 is 2.44 bits per heavy atom. The standard InChI is InChI=1S/C31H21F7N2O3/c1-42-17-7-9-24-20(15-17)18-12-13-40(29(41)21-14-16(30(33,34)35)6-8-23(21)32)28(27(18)39-24)26-11-10-25(43-26)19-4-2-3-5-22(19)31(36,37)38/h2-11,14-15,28,39H,12-13H2,1H3/t28-/m0/s1. The molecule has 3 heterocycles. The lowest BCUT2D eigenvalue weighted by molar-refractivity contribution is -0.138. The van der Waals surface area contributed by atoms with Crippen LogP contribution in [0, 0.1) is 5.82 Å². The van der Waals surface area contributed by atoms with Gasteiger partial charge in [0.2, 0.25) is 0 Å².